The number of carbonyl (C=O) groups excluding carboxylic acids is 1. The van der Waals surface area contributed by atoms with Crippen LogP contribution in [0, 0.1) is 6.92 Å². The number of nitrogens with two attached hydrogens (primary N) is 1. The van der Waals surface area contributed by atoms with Gasteiger partial charge in [-0.15, -0.1) is 0 Å². The average molecular weight is 265 g/mol. The van der Waals surface area contributed by atoms with E-state index in [0.29, 0.717) is 11.5 Å². The number of hydrogen-bond acceptors (Lipinski definition) is 3. The first-order valence-electron chi connectivity index (χ1n) is 5.64. The van der Waals surface area contributed by atoms with Crippen LogP contribution in [0.25, 0.3) is 0 Å². The summed E-state index contributed by atoms with van der Waals surface area (Å²) in [4.78, 5) is 15.5. The molecule has 0 spiro atoms. The van der Waals surface area contributed by atoms with Crippen molar-refractivity contribution in [2.45, 2.75) is 6.92 Å². The standard InChI is InChI=1S/C13H19N3OS/c1-9-7-10(5-6-11(9)13(14)18)16(4)8-12(17)15(2)3/h5-7H,8H2,1-4H3,(H2,14,18). The summed E-state index contributed by atoms with van der Waals surface area (Å²) in [6, 6.07) is 5.80. The average Bonchev–Trinajstić information content (AvgIpc) is 2.27. The summed E-state index contributed by atoms with van der Waals surface area (Å²) in [6.07, 6.45) is 0. The number of benzene rings is 1. The molecular weight excluding hydrogens is 246 g/mol. The highest BCUT2D eigenvalue weighted by molar-refractivity contribution is 7.80. The van der Waals surface area contributed by atoms with Gasteiger partial charge in [-0.2, -0.15) is 0 Å². The molecule has 0 unspecified atom stereocenters. The highest BCUT2D eigenvalue weighted by Gasteiger charge is 2.10. The fraction of sp³-hybridized carbons (Fsp3) is 0.385. The molecule has 0 heterocycles. The number of likely N-dealkylation sites (N-methyl/N-ethyl adjacent to an activating group) is 2. The highest BCUT2D eigenvalue weighted by Crippen LogP contribution is 2.18. The number of carbonyl (C=O) groups is 1. The van der Waals surface area contributed by atoms with Crippen LogP contribution in [0.4, 0.5) is 5.69 Å². The van der Waals surface area contributed by atoms with E-state index in [-0.39, 0.29) is 5.91 Å². The van der Waals surface area contributed by atoms with Crippen LogP contribution in [0.2, 0.25) is 0 Å². The molecule has 0 saturated carbocycles. The van der Waals surface area contributed by atoms with Gasteiger partial charge in [0.05, 0.1) is 6.54 Å². The maximum atomic E-state index is 11.6. The molecule has 0 radical (unpaired) electrons. The molecule has 0 bridgehead atoms. The summed E-state index contributed by atoms with van der Waals surface area (Å²) in [5.74, 6) is 0.0635. The summed E-state index contributed by atoms with van der Waals surface area (Å²) < 4.78 is 0. The molecule has 4 nitrogen and oxygen atoms in total. The molecule has 0 fully saturated rings. The molecular formula is C13H19N3OS. The Kier molecular flexibility index (Phi) is 4.67. The monoisotopic (exact) mass is 265 g/mol. The maximum Gasteiger partial charge on any atom is 0.241 e. The van der Waals surface area contributed by atoms with E-state index in [1.165, 1.54) is 0 Å². The largest absolute Gasteiger partial charge is 0.389 e. The zero-order valence-corrected chi connectivity index (χ0v) is 12.0. The minimum absolute atomic E-state index is 0.0635. The normalized spacial score (nSPS) is 10.0. The van der Waals surface area contributed by atoms with Crippen LogP contribution in [0.15, 0.2) is 18.2 Å². The fourth-order valence-electron chi connectivity index (χ4n) is 1.60. The van der Waals surface area contributed by atoms with Gasteiger partial charge in [-0.05, 0) is 30.7 Å². The van der Waals surface area contributed by atoms with Gasteiger partial charge in [-0.25, -0.2) is 0 Å². The van der Waals surface area contributed by atoms with Gasteiger partial charge in [0, 0.05) is 32.4 Å². The summed E-state index contributed by atoms with van der Waals surface area (Å²) in [5, 5.41) is 0. The van der Waals surface area contributed by atoms with Gasteiger partial charge in [0.15, 0.2) is 0 Å². The Bertz CT molecular complexity index is 471. The summed E-state index contributed by atoms with van der Waals surface area (Å²) in [6.45, 7) is 2.30. The van der Waals surface area contributed by atoms with Gasteiger partial charge >= 0.3 is 0 Å². The van der Waals surface area contributed by atoms with Gasteiger partial charge < -0.3 is 15.5 Å². The van der Waals surface area contributed by atoms with Crippen molar-refractivity contribution in [3.8, 4) is 0 Å². The minimum atomic E-state index is 0.0635. The van der Waals surface area contributed by atoms with Crippen LogP contribution in [-0.4, -0.2) is 43.5 Å². The first kappa shape index (κ1) is 14.4. The van der Waals surface area contributed by atoms with Gasteiger partial charge in [0.1, 0.15) is 4.99 Å². The third-order valence-electron chi connectivity index (χ3n) is 2.79. The van der Waals surface area contributed by atoms with Crippen LogP contribution in [0.5, 0.6) is 0 Å². The van der Waals surface area contributed by atoms with Crippen molar-refractivity contribution < 1.29 is 4.79 Å². The van der Waals surface area contributed by atoms with Crippen molar-refractivity contribution in [3.63, 3.8) is 0 Å². The first-order chi connectivity index (χ1) is 8.32. The molecule has 0 aliphatic carbocycles. The molecule has 1 amide bonds. The lowest BCUT2D eigenvalue weighted by molar-refractivity contribution is -0.127. The molecule has 5 heteroatoms. The molecule has 18 heavy (non-hydrogen) atoms. The van der Waals surface area contributed by atoms with E-state index in [9.17, 15) is 4.79 Å². The van der Waals surface area contributed by atoms with Crippen LogP contribution in [-0.2, 0) is 4.79 Å². The number of thiocarbonyl (C=S) groups is 1. The van der Waals surface area contributed by atoms with E-state index in [2.05, 4.69) is 0 Å². The van der Waals surface area contributed by atoms with E-state index in [4.69, 9.17) is 18.0 Å². The Morgan fingerprint density at radius 1 is 1.33 bits per heavy atom. The number of hydrogen-bond donors (Lipinski definition) is 1. The lowest BCUT2D eigenvalue weighted by atomic mass is 10.1. The van der Waals surface area contributed by atoms with Crippen molar-refractivity contribution in [2.24, 2.45) is 5.73 Å². The predicted molar refractivity (Wildman–Crippen MR) is 79.0 cm³/mol. The highest BCUT2D eigenvalue weighted by atomic mass is 32.1. The minimum Gasteiger partial charge on any atom is -0.389 e. The summed E-state index contributed by atoms with van der Waals surface area (Å²) >= 11 is 4.97. The Morgan fingerprint density at radius 3 is 2.39 bits per heavy atom. The van der Waals surface area contributed by atoms with Crippen molar-refractivity contribution >= 4 is 28.8 Å². The van der Waals surface area contributed by atoms with Crippen LogP contribution >= 0.6 is 12.2 Å². The molecule has 0 aliphatic rings. The van der Waals surface area contributed by atoms with Crippen molar-refractivity contribution in [3.05, 3.63) is 29.3 Å². The Balaban J connectivity index is 2.88. The lowest BCUT2D eigenvalue weighted by Gasteiger charge is -2.22. The number of amides is 1. The second-order valence-electron chi connectivity index (χ2n) is 4.51. The van der Waals surface area contributed by atoms with Crippen molar-refractivity contribution in [1.29, 1.82) is 0 Å². The number of aryl methyl sites for hydroxylation is 1. The van der Waals surface area contributed by atoms with Crippen molar-refractivity contribution in [2.75, 3.05) is 32.6 Å². The first-order valence-corrected chi connectivity index (χ1v) is 6.05. The Morgan fingerprint density at radius 2 is 1.94 bits per heavy atom. The molecule has 98 valence electrons. The second-order valence-corrected chi connectivity index (χ2v) is 4.95. The Labute approximate surface area is 113 Å². The third-order valence-corrected chi connectivity index (χ3v) is 3.01. The quantitative estimate of drug-likeness (QED) is 0.830. The van der Waals surface area contributed by atoms with E-state index >= 15 is 0 Å². The maximum absolute atomic E-state index is 11.6. The smallest absolute Gasteiger partial charge is 0.241 e. The number of anilines is 1. The predicted octanol–water partition coefficient (Wildman–Crippen LogP) is 1.15. The van der Waals surface area contributed by atoms with E-state index < -0.39 is 0 Å². The fourth-order valence-corrected chi connectivity index (χ4v) is 1.83. The van der Waals surface area contributed by atoms with Gasteiger partial charge in [0.2, 0.25) is 5.91 Å². The molecule has 2 N–H and O–H groups in total. The van der Waals surface area contributed by atoms with Crippen molar-refractivity contribution in [1.82, 2.24) is 4.90 Å². The number of nitrogens with zero attached hydrogens (tertiary/aromatic N) is 2. The Hall–Kier alpha value is -1.62. The van der Waals surface area contributed by atoms with E-state index in [0.717, 1.165) is 16.8 Å². The SMILES string of the molecule is Cc1cc(N(C)CC(=O)N(C)C)ccc1C(N)=S. The summed E-state index contributed by atoms with van der Waals surface area (Å²) in [5.41, 5.74) is 8.49. The number of rotatable bonds is 4. The molecule has 0 saturated heterocycles. The van der Waals surface area contributed by atoms with Gasteiger partial charge in [0.25, 0.3) is 0 Å². The zero-order chi connectivity index (χ0) is 13.9. The topological polar surface area (TPSA) is 49.6 Å². The van der Waals surface area contributed by atoms with Crippen LogP contribution in [0.1, 0.15) is 11.1 Å². The second kappa shape index (κ2) is 5.82. The van der Waals surface area contributed by atoms with Crippen LogP contribution in [0.3, 0.4) is 0 Å². The third kappa shape index (κ3) is 3.43. The zero-order valence-electron chi connectivity index (χ0n) is 11.2. The molecule has 0 atom stereocenters. The molecule has 0 aliphatic heterocycles. The summed E-state index contributed by atoms with van der Waals surface area (Å²) in [7, 11) is 5.38. The molecule has 1 aromatic carbocycles. The molecule has 1 aromatic rings. The lowest BCUT2D eigenvalue weighted by Crippen LogP contribution is -2.34. The van der Waals surface area contributed by atoms with Crippen LogP contribution < -0.4 is 10.6 Å². The van der Waals surface area contributed by atoms with E-state index in [1.54, 1.807) is 19.0 Å². The van der Waals surface area contributed by atoms with Gasteiger partial charge in [-0.3, -0.25) is 4.79 Å². The van der Waals surface area contributed by atoms with Gasteiger partial charge in [-0.1, -0.05) is 12.2 Å². The molecule has 0 aromatic heterocycles. The van der Waals surface area contributed by atoms with E-state index in [1.807, 2.05) is 37.1 Å². The molecule has 1 rings (SSSR count).